The van der Waals surface area contributed by atoms with Crippen LogP contribution in [0.1, 0.15) is 11.1 Å². The number of morpholine rings is 1. The quantitative estimate of drug-likeness (QED) is 0.654. The Kier molecular flexibility index (Phi) is 6.66. The van der Waals surface area contributed by atoms with Crippen LogP contribution in [0.3, 0.4) is 0 Å². The lowest BCUT2D eigenvalue weighted by Gasteiger charge is -2.41. The van der Waals surface area contributed by atoms with Crippen LogP contribution in [0.15, 0.2) is 84.9 Å². The standard InChI is InChI=1S/C27H28N2O3/c1-28-26(31)27(19-22-11-8-14-24(17-22)23-12-6-3-7-13-23)20-29(15-16-32-27)25(30)18-21-9-4-2-5-10-21/h2-14,17H,15-16,18-20H2,1H3,(H,28,31). The number of benzene rings is 3. The molecule has 1 aliphatic rings. The van der Waals surface area contributed by atoms with Crippen LogP contribution >= 0.6 is 0 Å². The van der Waals surface area contributed by atoms with Crippen molar-refractivity contribution in [3.8, 4) is 11.1 Å². The third-order valence-electron chi connectivity index (χ3n) is 5.90. The fourth-order valence-corrected chi connectivity index (χ4v) is 4.25. The summed E-state index contributed by atoms with van der Waals surface area (Å²) in [6.45, 7) is 1.04. The molecule has 1 fully saturated rings. The average molecular weight is 429 g/mol. The van der Waals surface area contributed by atoms with Gasteiger partial charge in [-0.15, -0.1) is 0 Å². The van der Waals surface area contributed by atoms with E-state index in [9.17, 15) is 9.59 Å². The lowest BCUT2D eigenvalue weighted by molar-refractivity contribution is -0.165. The summed E-state index contributed by atoms with van der Waals surface area (Å²) in [4.78, 5) is 27.8. The first-order valence-corrected chi connectivity index (χ1v) is 10.9. The topological polar surface area (TPSA) is 58.6 Å². The molecule has 0 bridgehead atoms. The minimum atomic E-state index is -1.12. The van der Waals surface area contributed by atoms with Gasteiger partial charge < -0.3 is 15.0 Å². The lowest BCUT2D eigenvalue weighted by Crippen LogP contribution is -2.61. The number of likely N-dealkylation sites (N-methyl/N-ethyl adjacent to an activating group) is 1. The van der Waals surface area contributed by atoms with E-state index in [0.717, 1.165) is 22.3 Å². The molecule has 0 saturated carbocycles. The highest BCUT2D eigenvalue weighted by molar-refractivity contribution is 5.87. The molecule has 1 aliphatic heterocycles. The van der Waals surface area contributed by atoms with Crippen LogP contribution in [0.2, 0.25) is 0 Å². The van der Waals surface area contributed by atoms with E-state index in [1.165, 1.54) is 0 Å². The molecular formula is C27H28N2O3. The first-order chi connectivity index (χ1) is 15.6. The largest absolute Gasteiger partial charge is 0.361 e. The maximum Gasteiger partial charge on any atom is 0.254 e. The lowest BCUT2D eigenvalue weighted by atomic mass is 9.89. The van der Waals surface area contributed by atoms with E-state index in [2.05, 4.69) is 29.6 Å². The minimum absolute atomic E-state index is 0.00538. The van der Waals surface area contributed by atoms with Gasteiger partial charge in [0.2, 0.25) is 5.91 Å². The van der Waals surface area contributed by atoms with Gasteiger partial charge >= 0.3 is 0 Å². The first-order valence-electron chi connectivity index (χ1n) is 10.9. The van der Waals surface area contributed by atoms with Crippen molar-refractivity contribution in [2.75, 3.05) is 26.7 Å². The van der Waals surface area contributed by atoms with Gasteiger partial charge in [0.05, 0.1) is 19.6 Å². The number of ether oxygens (including phenoxy) is 1. The summed E-state index contributed by atoms with van der Waals surface area (Å²) in [6, 6.07) is 28.0. The fourth-order valence-electron chi connectivity index (χ4n) is 4.25. The van der Waals surface area contributed by atoms with Crippen molar-refractivity contribution in [2.24, 2.45) is 0 Å². The molecular weight excluding hydrogens is 400 g/mol. The number of hydrogen-bond donors (Lipinski definition) is 1. The van der Waals surface area contributed by atoms with E-state index in [-0.39, 0.29) is 18.4 Å². The number of carbonyl (C=O) groups is 2. The Balaban J connectivity index is 1.56. The summed E-state index contributed by atoms with van der Waals surface area (Å²) >= 11 is 0. The molecule has 3 aromatic rings. The van der Waals surface area contributed by atoms with Gasteiger partial charge in [0, 0.05) is 20.0 Å². The van der Waals surface area contributed by atoms with Crippen LogP contribution in [0.5, 0.6) is 0 Å². The van der Waals surface area contributed by atoms with Crippen molar-refractivity contribution in [1.29, 1.82) is 0 Å². The second-order valence-corrected chi connectivity index (χ2v) is 8.14. The molecule has 1 unspecified atom stereocenters. The Morgan fingerprint density at radius 1 is 0.906 bits per heavy atom. The van der Waals surface area contributed by atoms with Crippen molar-refractivity contribution in [2.45, 2.75) is 18.4 Å². The van der Waals surface area contributed by atoms with Gasteiger partial charge in [0.1, 0.15) is 0 Å². The molecule has 5 nitrogen and oxygen atoms in total. The molecule has 1 atom stereocenters. The van der Waals surface area contributed by atoms with E-state index in [0.29, 0.717) is 26.0 Å². The maximum atomic E-state index is 13.0. The summed E-state index contributed by atoms with van der Waals surface area (Å²) in [5.74, 6) is -0.203. The summed E-state index contributed by atoms with van der Waals surface area (Å²) < 4.78 is 6.09. The molecule has 2 amide bonds. The Hall–Kier alpha value is -3.44. The predicted molar refractivity (Wildman–Crippen MR) is 125 cm³/mol. The number of nitrogens with one attached hydrogen (secondary N) is 1. The number of nitrogens with zero attached hydrogens (tertiary/aromatic N) is 1. The molecule has 5 heteroatoms. The Labute approximate surface area is 189 Å². The summed E-state index contributed by atoms with van der Waals surface area (Å²) in [6.07, 6.45) is 0.705. The summed E-state index contributed by atoms with van der Waals surface area (Å²) in [5.41, 5.74) is 3.04. The Bertz CT molecular complexity index is 1070. The summed E-state index contributed by atoms with van der Waals surface area (Å²) in [5, 5.41) is 2.75. The highest BCUT2D eigenvalue weighted by Gasteiger charge is 2.44. The monoisotopic (exact) mass is 428 g/mol. The highest BCUT2D eigenvalue weighted by atomic mass is 16.5. The molecule has 164 valence electrons. The van der Waals surface area contributed by atoms with Crippen molar-refractivity contribution < 1.29 is 14.3 Å². The van der Waals surface area contributed by atoms with Crippen molar-refractivity contribution in [3.63, 3.8) is 0 Å². The second kappa shape index (κ2) is 9.79. The van der Waals surface area contributed by atoms with Crippen LogP contribution < -0.4 is 5.32 Å². The molecule has 0 radical (unpaired) electrons. The minimum Gasteiger partial charge on any atom is -0.361 e. The zero-order chi connectivity index (χ0) is 22.4. The van der Waals surface area contributed by atoms with Gasteiger partial charge in [0.15, 0.2) is 5.60 Å². The summed E-state index contributed by atoms with van der Waals surface area (Å²) in [7, 11) is 1.61. The first kappa shape index (κ1) is 21.8. The zero-order valence-electron chi connectivity index (χ0n) is 18.3. The van der Waals surface area contributed by atoms with E-state index in [1.807, 2.05) is 60.7 Å². The average Bonchev–Trinajstić information content (AvgIpc) is 2.85. The van der Waals surface area contributed by atoms with E-state index in [1.54, 1.807) is 11.9 Å². The van der Waals surface area contributed by atoms with Crippen LogP contribution in [0.4, 0.5) is 0 Å². The molecule has 1 saturated heterocycles. The third-order valence-corrected chi connectivity index (χ3v) is 5.90. The molecule has 32 heavy (non-hydrogen) atoms. The molecule has 4 rings (SSSR count). The fraction of sp³-hybridized carbons (Fsp3) is 0.259. The molecule has 0 aromatic heterocycles. The smallest absolute Gasteiger partial charge is 0.254 e. The van der Waals surface area contributed by atoms with Crippen LogP contribution in [-0.4, -0.2) is 49.1 Å². The molecule has 3 aromatic carbocycles. The van der Waals surface area contributed by atoms with Crippen molar-refractivity contribution in [3.05, 3.63) is 96.1 Å². The second-order valence-electron chi connectivity index (χ2n) is 8.14. The van der Waals surface area contributed by atoms with E-state index in [4.69, 9.17) is 4.74 Å². The molecule has 1 N–H and O–H groups in total. The third kappa shape index (κ3) is 4.89. The molecule has 0 aliphatic carbocycles. The van der Waals surface area contributed by atoms with E-state index >= 15 is 0 Å². The van der Waals surface area contributed by atoms with E-state index < -0.39 is 5.60 Å². The van der Waals surface area contributed by atoms with Crippen LogP contribution in [-0.2, 0) is 27.2 Å². The Morgan fingerprint density at radius 3 is 2.28 bits per heavy atom. The maximum absolute atomic E-state index is 13.0. The Morgan fingerprint density at radius 2 is 1.56 bits per heavy atom. The van der Waals surface area contributed by atoms with Crippen molar-refractivity contribution in [1.82, 2.24) is 10.2 Å². The predicted octanol–water partition coefficient (Wildman–Crippen LogP) is 3.48. The van der Waals surface area contributed by atoms with Crippen LogP contribution in [0, 0.1) is 0 Å². The number of amides is 2. The van der Waals surface area contributed by atoms with Gasteiger partial charge in [-0.05, 0) is 22.3 Å². The normalized spacial score (nSPS) is 18.2. The van der Waals surface area contributed by atoms with Crippen LogP contribution in [0.25, 0.3) is 11.1 Å². The zero-order valence-corrected chi connectivity index (χ0v) is 18.3. The molecule has 1 heterocycles. The molecule has 0 spiro atoms. The van der Waals surface area contributed by atoms with Gasteiger partial charge in [-0.25, -0.2) is 0 Å². The van der Waals surface area contributed by atoms with Crippen molar-refractivity contribution >= 4 is 11.8 Å². The number of hydrogen-bond acceptors (Lipinski definition) is 3. The number of carbonyl (C=O) groups excluding carboxylic acids is 2. The highest BCUT2D eigenvalue weighted by Crippen LogP contribution is 2.27. The van der Waals surface area contributed by atoms with Gasteiger partial charge in [-0.1, -0.05) is 84.9 Å². The number of rotatable bonds is 6. The van der Waals surface area contributed by atoms with Gasteiger partial charge in [0.25, 0.3) is 5.91 Å². The van der Waals surface area contributed by atoms with Gasteiger partial charge in [-0.2, -0.15) is 0 Å². The SMILES string of the molecule is CNC(=O)C1(Cc2cccc(-c3ccccc3)c2)CN(C(=O)Cc2ccccc2)CCO1. The van der Waals surface area contributed by atoms with Gasteiger partial charge in [-0.3, -0.25) is 9.59 Å².